The van der Waals surface area contributed by atoms with E-state index in [9.17, 15) is 30.0 Å². The zero-order valence-electron chi connectivity index (χ0n) is 36.5. The summed E-state index contributed by atoms with van der Waals surface area (Å²) >= 11 is 0. The number of nitrogens with one attached hydrogen (secondary N) is 2. The van der Waals surface area contributed by atoms with Crippen molar-refractivity contribution >= 4 is 12.0 Å². The average Bonchev–Trinajstić information content (AvgIpc) is 3.89. The predicted octanol–water partition coefficient (Wildman–Crippen LogP) is 4.05. The first-order valence-electron chi connectivity index (χ1n) is 21.7. The lowest BCUT2D eigenvalue weighted by atomic mass is 9.70. The molecular formula is C50H52N2O14. The minimum Gasteiger partial charge on any atom is -0.497 e. The van der Waals surface area contributed by atoms with Gasteiger partial charge in [-0.2, -0.15) is 0 Å². The van der Waals surface area contributed by atoms with E-state index in [1.165, 1.54) is 33.5 Å². The molecule has 2 aliphatic carbocycles. The van der Waals surface area contributed by atoms with Crippen LogP contribution in [0.15, 0.2) is 115 Å². The molecule has 1 saturated heterocycles. The van der Waals surface area contributed by atoms with E-state index in [2.05, 4.69) is 22.8 Å². The summed E-state index contributed by atoms with van der Waals surface area (Å²) in [6, 6.07) is 34.9. The zero-order chi connectivity index (χ0) is 46.2. The van der Waals surface area contributed by atoms with Crippen molar-refractivity contribution in [1.29, 1.82) is 0 Å². The van der Waals surface area contributed by atoms with Gasteiger partial charge in [0.15, 0.2) is 11.2 Å². The van der Waals surface area contributed by atoms with Crippen LogP contribution >= 0.6 is 0 Å². The summed E-state index contributed by atoms with van der Waals surface area (Å²) in [6.07, 6.45) is -6.92. The van der Waals surface area contributed by atoms with Gasteiger partial charge in [0.05, 0.1) is 38.9 Å². The number of carbonyl (C=O) groups is 2. The number of amides is 2. The Labute approximate surface area is 380 Å². The molecule has 5 aromatic carbocycles. The molecule has 2 fully saturated rings. The maximum atomic E-state index is 14.6. The maximum absolute atomic E-state index is 14.6. The van der Waals surface area contributed by atoms with Gasteiger partial charge in [-0.3, -0.25) is 4.79 Å². The Kier molecular flexibility index (Phi) is 12.6. The lowest BCUT2D eigenvalue weighted by Crippen LogP contribution is -2.52. The van der Waals surface area contributed by atoms with E-state index in [-0.39, 0.29) is 55.0 Å². The number of hydrogen-bond donors (Lipinski definition) is 6. The summed E-state index contributed by atoms with van der Waals surface area (Å²) in [5.41, 5.74) is 1.20. The van der Waals surface area contributed by atoms with Gasteiger partial charge in [0.2, 0.25) is 12.2 Å². The van der Waals surface area contributed by atoms with Crippen LogP contribution in [0, 0.1) is 5.92 Å². The molecule has 0 bridgehead atoms. The molecule has 2 aliphatic heterocycles. The van der Waals surface area contributed by atoms with Crippen molar-refractivity contribution in [2.45, 2.75) is 53.9 Å². The molecule has 9 rings (SSSR count). The molecule has 2 heterocycles. The van der Waals surface area contributed by atoms with E-state index in [1.54, 1.807) is 48.5 Å². The lowest BCUT2D eigenvalue weighted by molar-refractivity contribution is -0.324. The highest BCUT2D eigenvalue weighted by molar-refractivity contribution is 5.83. The second-order valence-corrected chi connectivity index (χ2v) is 16.6. The largest absolute Gasteiger partial charge is 0.497 e. The Bertz CT molecular complexity index is 2500. The number of fused-ring (bicyclic) bond motifs is 6. The van der Waals surface area contributed by atoms with Gasteiger partial charge in [-0.05, 0) is 45.5 Å². The van der Waals surface area contributed by atoms with Crippen LogP contribution in [0.5, 0.6) is 23.0 Å². The van der Waals surface area contributed by atoms with Gasteiger partial charge in [-0.1, -0.05) is 91.0 Å². The van der Waals surface area contributed by atoms with E-state index in [0.29, 0.717) is 16.9 Å². The van der Waals surface area contributed by atoms with Crippen LogP contribution in [0.1, 0.15) is 39.7 Å². The summed E-state index contributed by atoms with van der Waals surface area (Å²) in [5.74, 6) is -2.34. The Morgan fingerprint density at radius 3 is 2.14 bits per heavy atom. The number of carbonyl (C=O) groups excluding carboxylic acids is 2. The number of methoxy groups -OCH3 is 3. The smallest absolute Gasteiger partial charge is 0.407 e. The molecule has 0 aromatic heterocycles. The molecule has 16 heteroatoms. The number of aliphatic hydroxyl groups is 4. The van der Waals surface area contributed by atoms with E-state index >= 15 is 0 Å². The fourth-order valence-corrected chi connectivity index (χ4v) is 10.1. The van der Waals surface area contributed by atoms with E-state index in [1.807, 2.05) is 42.5 Å². The van der Waals surface area contributed by atoms with Crippen LogP contribution in [0.3, 0.4) is 0 Å². The van der Waals surface area contributed by atoms with Crippen molar-refractivity contribution in [1.82, 2.24) is 10.6 Å². The SMILES string of the molecule is COc1ccc([C@@]23Oc4cc(O[C@@H]5O[C@@H]([C@H](O)CO)CO[C@H]5OC)cc(OC)c4[C@]2(O)[C@H](O)[C@H](C(=O)NCCNC(=O)OCC2c4ccccc4-c4ccccc42)[C@H]3c2ccccc2)cc1. The number of hydrogen-bond acceptors (Lipinski definition) is 14. The van der Waals surface area contributed by atoms with Crippen molar-refractivity contribution in [2.75, 3.05) is 54.2 Å². The standard InChI is InChI=1S/C50H52N2O14/c1-59-30-19-17-29(18-20-30)50-42(28-11-5-4-6-12-28)41(45(56)51-21-22-52-48(57)63-26-36-34-15-9-7-13-32(34)33-14-8-10-16-35(33)36)44(55)49(50,58)43-38(60-2)23-31(24-39(43)66-50)64-47-46(61-3)62-27-40(65-47)37(54)25-53/h4-20,23-24,36-37,40-42,44,46-47,53-55,58H,21-22,25-27H2,1-3H3,(H,51,56)(H,52,57)/t37-,40-,41-,42-,44-,46-,47-,49+,50+/m1/s1. The summed E-state index contributed by atoms with van der Waals surface area (Å²) in [7, 11) is 4.30. The fourth-order valence-electron chi connectivity index (χ4n) is 10.1. The van der Waals surface area contributed by atoms with Gasteiger partial charge in [0.1, 0.15) is 47.9 Å². The third kappa shape index (κ3) is 7.57. The highest BCUT2D eigenvalue weighted by Gasteiger charge is 2.78. The molecule has 1 saturated carbocycles. The average molecular weight is 905 g/mol. The molecule has 0 radical (unpaired) electrons. The molecule has 66 heavy (non-hydrogen) atoms. The van der Waals surface area contributed by atoms with Crippen molar-refractivity contribution in [2.24, 2.45) is 5.92 Å². The first-order valence-corrected chi connectivity index (χ1v) is 21.7. The minimum absolute atomic E-state index is 0.00441. The molecule has 16 nitrogen and oxygen atoms in total. The van der Waals surface area contributed by atoms with Crippen molar-refractivity contribution in [3.8, 4) is 34.1 Å². The quantitative estimate of drug-likeness (QED) is 0.0819. The van der Waals surface area contributed by atoms with Crippen LogP contribution < -0.4 is 29.6 Å². The minimum atomic E-state index is -2.35. The topological polar surface area (TPSA) is 213 Å². The van der Waals surface area contributed by atoms with Crippen LogP contribution in [0.2, 0.25) is 0 Å². The number of ether oxygens (including phenoxy) is 8. The maximum Gasteiger partial charge on any atom is 0.407 e. The van der Waals surface area contributed by atoms with E-state index in [4.69, 9.17) is 37.9 Å². The normalized spacial score (nSPS) is 26.5. The second kappa shape index (κ2) is 18.6. The summed E-state index contributed by atoms with van der Waals surface area (Å²) in [6.45, 7) is -0.557. The lowest BCUT2D eigenvalue weighted by Gasteiger charge is -2.40. The summed E-state index contributed by atoms with van der Waals surface area (Å²) in [4.78, 5) is 27.7. The molecule has 2 amide bonds. The summed E-state index contributed by atoms with van der Waals surface area (Å²) in [5, 5.41) is 51.7. The molecule has 6 N–H and O–H groups in total. The van der Waals surface area contributed by atoms with Crippen LogP contribution in [0.4, 0.5) is 4.79 Å². The Morgan fingerprint density at radius 1 is 0.818 bits per heavy atom. The first kappa shape index (κ1) is 44.9. The second-order valence-electron chi connectivity index (χ2n) is 16.6. The molecule has 0 spiro atoms. The third-order valence-corrected chi connectivity index (χ3v) is 13.1. The van der Waals surface area contributed by atoms with Gasteiger partial charge in [0.25, 0.3) is 6.29 Å². The van der Waals surface area contributed by atoms with E-state index < -0.39 is 72.5 Å². The predicted molar refractivity (Wildman–Crippen MR) is 236 cm³/mol. The van der Waals surface area contributed by atoms with Crippen LogP contribution in [0.25, 0.3) is 11.1 Å². The van der Waals surface area contributed by atoms with Gasteiger partial charge in [-0.25, -0.2) is 4.79 Å². The number of aliphatic hydroxyl groups excluding tert-OH is 3. The zero-order valence-corrected chi connectivity index (χ0v) is 36.5. The molecule has 5 aromatic rings. The Balaban J connectivity index is 0.994. The van der Waals surface area contributed by atoms with Gasteiger partial charge in [0, 0.05) is 44.2 Å². The van der Waals surface area contributed by atoms with Gasteiger partial charge < -0.3 is 69.0 Å². The summed E-state index contributed by atoms with van der Waals surface area (Å²) < 4.78 is 47.4. The Morgan fingerprint density at radius 2 is 1.48 bits per heavy atom. The van der Waals surface area contributed by atoms with Gasteiger partial charge in [-0.15, -0.1) is 0 Å². The highest BCUT2D eigenvalue weighted by Crippen LogP contribution is 2.70. The molecule has 0 unspecified atom stereocenters. The Hall–Kier alpha value is -6.24. The third-order valence-electron chi connectivity index (χ3n) is 13.1. The van der Waals surface area contributed by atoms with Crippen molar-refractivity contribution in [3.63, 3.8) is 0 Å². The van der Waals surface area contributed by atoms with Crippen molar-refractivity contribution < 1.29 is 67.9 Å². The molecule has 346 valence electrons. The monoisotopic (exact) mass is 904 g/mol. The molecular weight excluding hydrogens is 853 g/mol. The first-order chi connectivity index (χ1) is 32.1. The molecule has 4 aliphatic rings. The van der Waals surface area contributed by atoms with Gasteiger partial charge >= 0.3 is 6.09 Å². The number of rotatable bonds is 15. The van der Waals surface area contributed by atoms with E-state index in [0.717, 1.165) is 22.3 Å². The number of benzene rings is 5. The van der Waals surface area contributed by atoms with Crippen LogP contribution in [-0.4, -0.2) is 118 Å². The fraction of sp³-hybridized carbons (Fsp3) is 0.360. The highest BCUT2D eigenvalue weighted by atomic mass is 16.8. The molecule has 9 atom stereocenters. The van der Waals surface area contributed by atoms with Crippen LogP contribution in [-0.2, 0) is 34.9 Å². The van der Waals surface area contributed by atoms with Crippen molar-refractivity contribution in [3.05, 3.63) is 143 Å². The number of alkyl carbamates (subject to hydrolysis) is 1.